The molecule has 1 rings (SSSR count). The molecular weight excluding hydrogens is 186 g/mol. The highest BCUT2D eigenvalue weighted by molar-refractivity contribution is 5.76. The molecule has 1 fully saturated rings. The Morgan fingerprint density at radius 2 is 2.00 bits per heavy atom. The van der Waals surface area contributed by atoms with Gasteiger partial charge in [0.25, 0.3) is 0 Å². The second-order valence-corrected chi connectivity index (χ2v) is 3.30. The molecule has 0 amide bonds. The average Bonchev–Trinajstić information content (AvgIpc) is 2.65. The summed E-state index contributed by atoms with van der Waals surface area (Å²) in [5.74, 6) is -0.523. The zero-order valence-corrected chi connectivity index (χ0v) is 8.41. The van der Waals surface area contributed by atoms with Crippen LogP contribution < -0.4 is 5.32 Å². The lowest BCUT2D eigenvalue weighted by Gasteiger charge is -2.11. The van der Waals surface area contributed by atoms with Gasteiger partial charge in [-0.1, -0.05) is 0 Å². The molecule has 1 N–H and O–H groups in total. The lowest BCUT2D eigenvalue weighted by molar-refractivity contribution is -0.144. The molecule has 1 aliphatic rings. The van der Waals surface area contributed by atoms with E-state index in [9.17, 15) is 9.59 Å². The third-order valence-electron chi connectivity index (χ3n) is 2.37. The Labute approximate surface area is 82.8 Å². The Bertz CT molecular complexity index is 229. The lowest BCUT2D eigenvalue weighted by atomic mass is 10.1. The molecule has 0 aromatic heterocycles. The zero-order chi connectivity index (χ0) is 10.6. The van der Waals surface area contributed by atoms with Gasteiger partial charge in [-0.3, -0.25) is 9.59 Å². The third-order valence-corrected chi connectivity index (χ3v) is 2.37. The van der Waals surface area contributed by atoms with E-state index in [0.717, 1.165) is 6.42 Å². The largest absolute Gasteiger partial charge is 0.469 e. The highest BCUT2D eigenvalue weighted by Crippen LogP contribution is 2.16. The van der Waals surface area contributed by atoms with Gasteiger partial charge in [0.2, 0.25) is 0 Å². The summed E-state index contributed by atoms with van der Waals surface area (Å²) >= 11 is 0. The minimum atomic E-state index is -0.269. The fourth-order valence-electron chi connectivity index (χ4n) is 1.59. The molecule has 0 aromatic carbocycles. The van der Waals surface area contributed by atoms with E-state index < -0.39 is 0 Å². The van der Waals surface area contributed by atoms with E-state index in [-0.39, 0.29) is 24.0 Å². The second kappa shape index (κ2) is 4.95. The molecule has 0 bridgehead atoms. The molecule has 0 radical (unpaired) electrons. The standard InChI is InChI=1S/C9H15NO4/c1-13-8(11)5-6-3-4-7(10-6)9(12)14-2/h6-7,10H,3-5H2,1-2H3/t6-,7+/m1/s1. The van der Waals surface area contributed by atoms with Crippen molar-refractivity contribution in [1.82, 2.24) is 5.32 Å². The summed E-state index contributed by atoms with van der Waals surface area (Å²) in [7, 11) is 2.72. The van der Waals surface area contributed by atoms with Gasteiger partial charge in [-0.25, -0.2) is 0 Å². The van der Waals surface area contributed by atoms with Crippen LogP contribution in [0.25, 0.3) is 0 Å². The normalized spacial score (nSPS) is 25.9. The Morgan fingerprint density at radius 3 is 2.57 bits per heavy atom. The van der Waals surface area contributed by atoms with E-state index in [1.165, 1.54) is 14.2 Å². The summed E-state index contributed by atoms with van der Waals surface area (Å²) in [6.45, 7) is 0. The highest BCUT2D eigenvalue weighted by atomic mass is 16.5. The molecule has 80 valence electrons. The van der Waals surface area contributed by atoms with Crippen LogP contribution in [0.1, 0.15) is 19.3 Å². The van der Waals surface area contributed by atoms with Crippen LogP contribution in [0.5, 0.6) is 0 Å². The number of hydrogen-bond acceptors (Lipinski definition) is 5. The van der Waals surface area contributed by atoms with E-state index in [2.05, 4.69) is 14.8 Å². The molecule has 14 heavy (non-hydrogen) atoms. The molecule has 0 unspecified atom stereocenters. The number of carbonyl (C=O) groups excluding carboxylic acids is 2. The molecule has 1 saturated heterocycles. The van der Waals surface area contributed by atoms with Gasteiger partial charge in [0.05, 0.1) is 20.6 Å². The predicted molar refractivity (Wildman–Crippen MR) is 48.6 cm³/mol. The first-order valence-electron chi connectivity index (χ1n) is 4.58. The Hall–Kier alpha value is -1.10. The number of rotatable bonds is 3. The van der Waals surface area contributed by atoms with Crippen LogP contribution in [0, 0.1) is 0 Å². The summed E-state index contributed by atoms with van der Waals surface area (Å²) in [6, 6.07) is -0.235. The van der Waals surface area contributed by atoms with Crippen molar-refractivity contribution in [3.63, 3.8) is 0 Å². The first-order chi connectivity index (χ1) is 6.67. The molecule has 2 atom stereocenters. The monoisotopic (exact) mass is 201 g/mol. The SMILES string of the molecule is COC(=O)C[C@H]1CC[C@@H](C(=O)OC)N1. The Balaban J connectivity index is 2.34. The summed E-state index contributed by atoms with van der Waals surface area (Å²) < 4.78 is 9.14. The second-order valence-electron chi connectivity index (χ2n) is 3.30. The smallest absolute Gasteiger partial charge is 0.322 e. The van der Waals surface area contributed by atoms with Crippen LogP contribution >= 0.6 is 0 Å². The van der Waals surface area contributed by atoms with Crippen molar-refractivity contribution in [2.75, 3.05) is 14.2 Å². The van der Waals surface area contributed by atoms with Crippen LogP contribution in [0.3, 0.4) is 0 Å². The van der Waals surface area contributed by atoms with Crippen LogP contribution in [-0.2, 0) is 19.1 Å². The van der Waals surface area contributed by atoms with Crippen molar-refractivity contribution in [1.29, 1.82) is 0 Å². The van der Waals surface area contributed by atoms with E-state index in [0.29, 0.717) is 12.8 Å². The van der Waals surface area contributed by atoms with Gasteiger partial charge in [-0.2, -0.15) is 0 Å². The lowest BCUT2D eigenvalue weighted by Crippen LogP contribution is -2.37. The molecule has 0 saturated carbocycles. The van der Waals surface area contributed by atoms with E-state index >= 15 is 0 Å². The Morgan fingerprint density at radius 1 is 1.29 bits per heavy atom. The molecule has 0 spiro atoms. The van der Waals surface area contributed by atoms with Crippen LogP contribution in [0.2, 0.25) is 0 Å². The number of carbonyl (C=O) groups is 2. The first kappa shape index (κ1) is 11.0. The number of ether oxygens (including phenoxy) is 2. The summed E-state index contributed by atoms with van der Waals surface area (Å²) in [6.07, 6.45) is 1.83. The molecule has 5 nitrogen and oxygen atoms in total. The van der Waals surface area contributed by atoms with Crippen molar-refractivity contribution in [3.05, 3.63) is 0 Å². The first-order valence-corrected chi connectivity index (χ1v) is 4.58. The van der Waals surface area contributed by atoms with Gasteiger partial charge >= 0.3 is 11.9 Å². The van der Waals surface area contributed by atoms with Gasteiger partial charge in [0.15, 0.2) is 0 Å². The van der Waals surface area contributed by atoms with E-state index in [1.54, 1.807) is 0 Å². The number of esters is 2. The minimum Gasteiger partial charge on any atom is -0.469 e. The van der Waals surface area contributed by atoms with Crippen molar-refractivity contribution in [2.24, 2.45) is 0 Å². The van der Waals surface area contributed by atoms with E-state index in [4.69, 9.17) is 0 Å². The van der Waals surface area contributed by atoms with Gasteiger partial charge < -0.3 is 14.8 Å². The maximum atomic E-state index is 11.1. The third kappa shape index (κ3) is 2.70. The molecule has 0 aromatic rings. The van der Waals surface area contributed by atoms with E-state index in [1.807, 2.05) is 0 Å². The summed E-state index contributed by atoms with van der Waals surface area (Å²) in [5, 5.41) is 3.03. The predicted octanol–water partition coefficient (Wildman–Crippen LogP) is -0.157. The summed E-state index contributed by atoms with van der Waals surface area (Å²) in [5.41, 5.74) is 0. The number of hydrogen-bond donors (Lipinski definition) is 1. The molecule has 5 heteroatoms. The minimum absolute atomic E-state index is 0.0338. The average molecular weight is 201 g/mol. The van der Waals surface area contributed by atoms with Gasteiger partial charge in [0.1, 0.15) is 6.04 Å². The number of nitrogens with one attached hydrogen (secondary N) is 1. The van der Waals surface area contributed by atoms with Gasteiger partial charge in [0, 0.05) is 6.04 Å². The molecule has 0 aliphatic carbocycles. The zero-order valence-electron chi connectivity index (χ0n) is 8.41. The van der Waals surface area contributed by atoms with Crippen LogP contribution in [-0.4, -0.2) is 38.2 Å². The molecular formula is C9H15NO4. The van der Waals surface area contributed by atoms with Crippen molar-refractivity contribution < 1.29 is 19.1 Å². The molecule has 1 aliphatic heterocycles. The van der Waals surface area contributed by atoms with Gasteiger partial charge in [-0.05, 0) is 12.8 Å². The van der Waals surface area contributed by atoms with Crippen molar-refractivity contribution >= 4 is 11.9 Å². The van der Waals surface area contributed by atoms with Crippen molar-refractivity contribution in [3.8, 4) is 0 Å². The Kier molecular flexibility index (Phi) is 3.88. The van der Waals surface area contributed by atoms with Crippen molar-refractivity contribution in [2.45, 2.75) is 31.3 Å². The van der Waals surface area contributed by atoms with Crippen LogP contribution in [0.15, 0.2) is 0 Å². The fourth-order valence-corrected chi connectivity index (χ4v) is 1.59. The topological polar surface area (TPSA) is 64.6 Å². The maximum absolute atomic E-state index is 11.1. The van der Waals surface area contributed by atoms with Gasteiger partial charge in [-0.15, -0.1) is 0 Å². The fraction of sp³-hybridized carbons (Fsp3) is 0.778. The maximum Gasteiger partial charge on any atom is 0.322 e. The van der Waals surface area contributed by atoms with Crippen LogP contribution in [0.4, 0.5) is 0 Å². The quantitative estimate of drug-likeness (QED) is 0.643. The number of methoxy groups -OCH3 is 2. The molecule has 1 heterocycles. The highest BCUT2D eigenvalue weighted by Gasteiger charge is 2.30. The summed E-state index contributed by atoms with van der Waals surface area (Å²) in [4.78, 5) is 22.0.